The number of rotatable bonds is 6. The number of benzene rings is 1. The molecule has 0 saturated heterocycles. The van der Waals surface area contributed by atoms with Crippen molar-refractivity contribution >= 4 is 15.7 Å². The second kappa shape index (κ2) is 6.90. The van der Waals surface area contributed by atoms with Crippen LogP contribution in [0.15, 0.2) is 40.8 Å². The molecule has 110 valence electrons. The van der Waals surface area contributed by atoms with Gasteiger partial charge in [-0.2, -0.15) is 0 Å². The molecule has 0 fully saturated rings. The number of para-hydroxylation sites is 1. The summed E-state index contributed by atoms with van der Waals surface area (Å²) >= 11 is 0. The van der Waals surface area contributed by atoms with Crippen molar-refractivity contribution in [3.8, 4) is 0 Å². The highest BCUT2D eigenvalue weighted by Crippen LogP contribution is 2.22. The maximum absolute atomic E-state index is 11.9. The van der Waals surface area contributed by atoms with Gasteiger partial charge < -0.3 is 5.32 Å². The van der Waals surface area contributed by atoms with Crippen LogP contribution < -0.4 is 10.0 Å². The lowest BCUT2D eigenvalue weighted by Gasteiger charge is -2.15. The fourth-order valence-corrected chi connectivity index (χ4v) is 3.35. The van der Waals surface area contributed by atoms with Crippen LogP contribution in [0, 0.1) is 0 Å². The third-order valence-electron chi connectivity index (χ3n) is 3.59. The van der Waals surface area contributed by atoms with Gasteiger partial charge in [0.1, 0.15) is 4.90 Å². The molecule has 0 unspecified atom stereocenters. The van der Waals surface area contributed by atoms with E-state index in [1.54, 1.807) is 18.2 Å². The van der Waals surface area contributed by atoms with Crippen LogP contribution in [0.2, 0.25) is 0 Å². The molecular weight excluding hydrogens is 272 g/mol. The Morgan fingerprint density at radius 2 is 2.00 bits per heavy atom. The van der Waals surface area contributed by atoms with Crippen LogP contribution >= 0.6 is 0 Å². The molecule has 0 aliphatic heterocycles. The first-order valence-electron chi connectivity index (χ1n) is 7.08. The Balaban J connectivity index is 2.01. The lowest BCUT2D eigenvalue weighted by molar-refractivity contribution is 0.588. The first-order chi connectivity index (χ1) is 9.63. The first kappa shape index (κ1) is 15.1. The van der Waals surface area contributed by atoms with Crippen LogP contribution in [0.4, 0.5) is 5.69 Å². The van der Waals surface area contributed by atoms with Gasteiger partial charge in [0.15, 0.2) is 0 Å². The molecular formula is C15H22N2O2S. The zero-order chi connectivity index (χ0) is 14.4. The van der Waals surface area contributed by atoms with Crippen LogP contribution in [0.3, 0.4) is 0 Å². The maximum atomic E-state index is 11.9. The van der Waals surface area contributed by atoms with Crippen molar-refractivity contribution in [2.45, 2.75) is 37.0 Å². The Morgan fingerprint density at radius 3 is 2.70 bits per heavy atom. The van der Waals surface area contributed by atoms with E-state index in [0.29, 0.717) is 10.6 Å². The largest absolute Gasteiger partial charge is 0.384 e. The summed E-state index contributed by atoms with van der Waals surface area (Å²) in [5.74, 6) is 0. The van der Waals surface area contributed by atoms with E-state index in [1.165, 1.54) is 38.3 Å². The van der Waals surface area contributed by atoms with E-state index in [4.69, 9.17) is 0 Å². The predicted octanol–water partition coefficient (Wildman–Crippen LogP) is 2.90. The lowest BCUT2D eigenvalue weighted by Crippen LogP contribution is -2.20. The van der Waals surface area contributed by atoms with Gasteiger partial charge in [-0.05, 0) is 51.3 Å². The molecule has 1 aliphatic rings. The van der Waals surface area contributed by atoms with Crippen LogP contribution in [0.25, 0.3) is 0 Å². The SMILES string of the molecule is CNS(=O)(=O)c1ccccc1NCCC1=CCCCC1. The Labute approximate surface area is 121 Å². The van der Waals surface area contributed by atoms with Gasteiger partial charge in [0, 0.05) is 6.54 Å². The molecule has 2 N–H and O–H groups in total. The monoisotopic (exact) mass is 294 g/mol. The smallest absolute Gasteiger partial charge is 0.242 e. The molecule has 1 aliphatic carbocycles. The van der Waals surface area contributed by atoms with Gasteiger partial charge in [-0.1, -0.05) is 23.8 Å². The number of anilines is 1. The number of allylic oxidation sites excluding steroid dienone is 1. The van der Waals surface area contributed by atoms with Gasteiger partial charge in [0.2, 0.25) is 10.0 Å². The minimum absolute atomic E-state index is 0.306. The summed E-state index contributed by atoms with van der Waals surface area (Å²) in [6, 6.07) is 7.00. The molecule has 0 bridgehead atoms. The fourth-order valence-electron chi connectivity index (χ4n) is 2.45. The van der Waals surface area contributed by atoms with Crippen LogP contribution in [-0.2, 0) is 10.0 Å². The van der Waals surface area contributed by atoms with Crippen LogP contribution in [-0.4, -0.2) is 22.0 Å². The average molecular weight is 294 g/mol. The summed E-state index contributed by atoms with van der Waals surface area (Å²) in [5.41, 5.74) is 2.15. The summed E-state index contributed by atoms with van der Waals surface area (Å²) in [4.78, 5) is 0.306. The standard InChI is InChI=1S/C15H22N2O2S/c1-16-20(18,19)15-10-6-5-9-14(15)17-12-11-13-7-3-2-4-8-13/h5-7,9-10,16-17H,2-4,8,11-12H2,1H3. The zero-order valence-corrected chi connectivity index (χ0v) is 12.7. The molecule has 0 saturated carbocycles. The number of nitrogens with one attached hydrogen (secondary N) is 2. The van der Waals surface area contributed by atoms with Gasteiger partial charge in [-0.15, -0.1) is 0 Å². The number of hydrogen-bond donors (Lipinski definition) is 2. The van der Waals surface area contributed by atoms with Gasteiger partial charge in [0.05, 0.1) is 5.69 Å². The molecule has 2 rings (SSSR count). The summed E-state index contributed by atoms with van der Waals surface area (Å²) < 4.78 is 26.2. The van der Waals surface area contributed by atoms with E-state index in [1.807, 2.05) is 6.07 Å². The van der Waals surface area contributed by atoms with E-state index in [0.717, 1.165) is 13.0 Å². The summed E-state index contributed by atoms with van der Waals surface area (Å²) in [7, 11) is -1.98. The second-order valence-corrected chi connectivity index (χ2v) is 6.84. The number of hydrogen-bond acceptors (Lipinski definition) is 3. The summed E-state index contributed by atoms with van der Waals surface area (Å²) in [6.07, 6.45) is 8.23. The minimum Gasteiger partial charge on any atom is -0.384 e. The van der Waals surface area contributed by atoms with Crippen molar-refractivity contribution in [2.75, 3.05) is 18.9 Å². The number of sulfonamides is 1. The van der Waals surface area contributed by atoms with Crippen molar-refractivity contribution in [1.82, 2.24) is 4.72 Å². The predicted molar refractivity (Wildman–Crippen MR) is 82.3 cm³/mol. The van der Waals surface area contributed by atoms with Gasteiger partial charge >= 0.3 is 0 Å². The Hall–Kier alpha value is -1.33. The minimum atomic E-state index is -3.41. The van der Waals surface area contributed by atoms with Crippen molar-refractivity contribution < 1.29 is 8.42 Å². The third kappa shape index (κ3) is 3.84. The molecule has 0 heterocycles. The van der Waals surface area contributed by atoms with Crippen molar-refractivity contribution in [2.24, 2.45) is 0 Å². The van der Waals surface area contributed by atoms with Gasteiger partial charge in [-0.3, -0.25) is 0 Å². The Morgan fingerprint density at radius 1 is 1.20 bits per heavy atom. The molecule has 0 radical (unpaired) electrons. The molecule has 0 atom stereocenters. The second-order valence-electron chi connectivity index (χ2n) is 4.99. The van der Waals surface area contributed by atoms with Crippen LogP contribution in [0.5, 0.6) is 0 Å². The molecule has 5 heteroatoms. The first-order valence-corrected chi connectivity index (χ1v) is 8.56. The average Bonchev–Trinajstić information content (AvgIpc) is 2.49. The highest BCUT2D eigenvalue weighted by molar-refractivity contribution is 7.89. The Bertz CT molecular complexity index is 579. The van der Waals surface area contributed by atoms with E-state index >= 15 is 0 Å². The normalized spacial score (nSPS) is 15.8. The van der Waals surface area contributed by atoms with Gasteiger partial charge in [0.25, 0.3) is 0 Å². The molecule has 1 aromatic rings. The third-order valence-corrected chi connectivity index (χ3v) is 5.06. The topological polar surface area (TPSA) is 58.2 Å². The molecule has 0 amide bonds. The van der Waals surface area contributed by atoms with E-state index in [9.17, 15) is 8.42 Å². The molecule has 0 spiro atoms. The van der Waals surface area contributed by atoms with Crippen LogP contribution in [0.1, 0.15) is 32.1 Å². The maximum Gasteiger partial charge on any atom is 0.242 e. The van der Waals surface area contributed by atoms with E-state index in [-0.39, 0.29) is 0 Å². The zero-order valence-electron chi connectivity index (χ0n) is 11.9. The molecule has 4 nitrogen and oxygen atoms in total. The Kier molecular flexibility index (Phi) is 5.20. The van der Waals surface area contributed by atoms with E-state index < -0.39 is 10.0 Å². The molecule has 20 heavy (non-hydrogen) atoms. The summed E-state index contributed by atoms with van der Waals surface area (Å²) in [6.45, 7) is 0.766. The molecule has 1 aromatic carbocycles. The van der Waals surface area contributed by atoms with Crippen molar-refractivity contribution in [3.63, 3.8) is 0 Å². The molecule has 0 aromatic heterocycles. The van der Waals surface area contributed by atoms with Crippen molar-refractivity contribution in [1.29, 1.82) is 0 Å². The lowest BCUT2D eigenvalue weighted by atomic mass is 9.97. The van der Waals surface area contributed by atoms with Crippen molar-refractivity contribution in [3.05, 3.63) is 35.9 Å². The highest BCUT2D eigenvalue weighted by Gasteiger charge is 2.15. The fraction of sp³-hybridized carbons (Fsp3) is 0.467. The highest BCUT2D eigenvalue weighted by atomic mass is 32.2. The quantitative estimate of drug-likeness (QED) is 0.793. The van der Waals surface area contributed by atoms with Gasteiger partial charge in [-0.25, -0.2) is 13.1 Å². The van der Waals surface area contributed by atoms with E-state index in [2.05, 4.69) is 16.1 Å². The summed E-state index contributed by atoms with van der Waals surface area (Å²) in [5, 5.41) is 3.24.